The van der Waals surface area contributed by atoms with Crippen molar-refractivity contribution >= 4 is 57.9 Å². The fraction of sp³-hybridized carbons (Fsp3) is 0.412. The van der Waals surface area contributed by atoms with Gasteiger partial charge in [0.15, 0.2) is 0 Å². The van der Waals surface area contributed by atoms with Gasteiger partial charge in [-0.15, -0.1) is 0 Å². The summed E-state index contributed by atoms with van der Waals surface area (Å²) < 4.78 is 2.03. The van der Waals surface area contributed by atoms with Crippen molar-refractivity contribution in [2.75, 3.05) is 36.5 Å². The number of amides is 1. The molecule has 2 aliphatic heterocycles. The molecule has 26 heavy (non-hydrogen) atoms. The molecule has 136 valence electrons. The lowest BCUT2D eigenvalue weighted by molar-refractivity contribution is -0.121. The van der Waals surface area contributed by atoms with Crippen LogP contribution in [0, 0.1) is 18.3 Å². The Morgan fingerprint density at radius 2 is 1.88 bits per heavy atom. The van der Waals surface area contributed by atoms with E-state index in [-0.39, 0.29) is 17.0 Å². The number of pyridine rings is 1. The molecule has 0 aliphatic carbocycles. The van der Waals surface area contributed by atoms with Crippen molar-refractivity contribution in [2.45, 2.75) is 6.92 Å². The van der Waals surface area contributed by atoms with Gasteiger partial charge in [0.2, 0.25) is 0 Å². The predicted octanol–water partition coefficient (Wildman–Crippen LogP) is 1.95. The molecule has 6 nitrogen and oxygen atoms in total. The fourth-order valence-electron chi connectivity index (χ4n) is 3.05. The average Bonchev–Trinajstić information content (AvgIpc) is 2.88. The van der Waals surface area contributed by atoms with E-state index in [4.69, 9.17) is 12.2 Å². The first-order valence-corrected chi connectivity index (χ1v) is 10.4. The Hall–Kier alpha value is -1.76. The third-order valence-corrected chi connectivity index (χ3v) is 6.97. The molecule has 2 fully saturated rings. The maximum Gasteiger partial charge on any atom is 0.270 e. The van der Waals surface area contributed by atoms with E-state index in [0.717, 1.165) is 36.0 Å². The molecule has 1 amide bonds. The lowest BCUT2D eigenvalue weighted by Crippen LogP contribution is -2.38. The molecule has 1 aromatic heterocycles. The van der Waals surface area contributed by atoms with E-state index in [1.54, 1.807) is 27.1 Å². The van der Waals surface area contributed by atoms with Gasteiger partial charge in [-0.05, 0) is 18.6 Å². The van der Waals surface area contributed by atoms with E-state index in [2.05, 4.69) is 4.90 Å². The third kappa shape index (κ3) is 3.17. The van der Waals surface area contributed by atoms with Crippen molar-refractivity contribution in [3.8, 4) is 6.07 Å². The minimum atomic E-state index is -0.307. The van der Waals surface area contributed by atoms with Crippen LogP contribution in [0.1, 0.15) is 16.7 Å². The van der Waals surface area contributed by atoms with E-state index in [1.807, 2.05) is 17.8 Å². The normalized spacial score (nSPS) is 19.4. The van der Waals surface area contributed by atoms with Gasteiger partial charge in [0.05, 0.1) is 4.91 Å². The number of likely N-dealkylation sites (N-methyl/N-ethyl adjacent to an activating group) is 1. The van der Waals surface area contributed by atoms with E-state index >= 15 is 0 Å². The monoisotopic (exact) mass is 406 g/mol. The molecule has 0 bridgehead atoms. The van der Waals surface area contributed by atoms with Gasteiger partial charge in [-0.25, -0.2) is 0 Å². The first kappa shape index (κ1) is 19.0. The molecule has 0 radical (unpaired) electrons. The molecule has 0 aromatic carbocycles. The lowest BCUT2D eigenvalue weighted by atomic mass is 10.0. The molecular weight excluding hydrogens is 388 g/mol. The number of nitriles is 1. The molecule has 0 atom stereocenters. The first-order valence-electron chi connectivity index (χ1n) is 8.04. The smallest absolute Gasteiger partial charge is 0.270 e. The van der Waals surface area contributed by atoms with Gasteiger partial charge < -0.3 is 4.90 Å². The summed E-state index contributed by atoms with van der Waals surface area (Å²) in [5, 5.41) is 9.44. The average molecular weight is 407 g/mol. The van der Waals surface area contributed by atoms with Gasteiger partial charge in [0.1, 0.15) is 21.8 Å². The zero-order valence-electron chi connectivity index (χ0n) is 14.7. The Labute approximate surface area is 165 Å². The Bertz CT molecular complexity index is 923. The van der Waals surface area contributed by atoms with Crippen LogP contribution in [-0.2, 0) is 11.8 Å². The molecular formula is C17H18N4O2S3. The molecule has 3 heterocycles. The molecule has 1 aromatic rings. The quantitative estimate of drug-likeness (QED) is 0.549. The standard InChI is InChI=1S/C17H18N4O2S3/c1-10-11(8-13-16(23)20(3)17(24)26-13)14(21-4-6-25-7-5-21)19(2)15(22)12(10)9-18/h8H,4-7H2,1-3H3. The molecule has 0 unspecified atom stereocenters. The fourth-order valence-corrected chi connectivity index (χ4v) is 5.11. The highest BCUT2D eigenvalue weighted by Gasteiger charge is 2.30. The van der Waals surface area contributed by atoms with Crippen LogP contribution in [0.2, 0.25) is 0 Å². The number of thiocarbonyl (C=S) groups is 1. The van der Waals surface area contributed by atoms with Crippen LogP contribution in [-0.4, -0.2) is 51.3 Å². The summed E-state index contributed by atoms with van der Waals surface area (Å²) in [4.78, 5) is 29.2. The summed E-state index contributed by atoms with van der Waals surface area (Å²) in [6.45, 7) is 3.40. The van der Waals surface area contributed by atoms with E-state index in [0.29, 0.717) is 14.8 Å². The highest BCUT2D eigenvalue weighted by Crippen LogP contribution is 2.35. The second-order valence-electron chi connectivity index (χ2n) is 6.05. The minimum Gasteiger partial charge on any atom is -0.356 e. The molecule has 0 saturated carbocycles. The molecule has 2 aliphatic rings. The largest absolute Gasteiger partial charge is 0.356 e. The molecule has 2 saturated heterocycles. The minimum absolute atomic E-state index is 0.112. The topological polar surface area (TPSA) is 69.3 Å². The highest BCUT2D eigenvalue weighted by atomic mass is 32.2. The number of rotatable bonds is 2. The summed E-state index contributed by atoms with van der Waals surface area (Å²) in [5.74, 6) is 2.55. The molecule has 0 spiro atoms. The second-order valence-corrected chi connectivity index (χ2v) is 8.95. The summed E-state index contributed by atoms with van der Waals surface area (Å²) in [6, 6.07) is 2.02. The summed E-state index contributed by atoms with van der Waals surface area (Å²) >= 11 is 8.32. The molecule has 9 heteroatoms. The van der Waals surface area contributed by atoms with Gasteiger partial charge in [-0.2, -0.15) is 17.0 Å². The van der Waals surface area contributed by atoms with Crippen LogP contribution in [0.25, 0.3) is 6.08 Å². The summed E-state index contributed by atoms with van der Waals surface area (Å²) in [6.07, 6.45) is 1.77. The van der Waals surface area contributed by atoms with Gasteiger partial charge in [-0.1, -0.05) is 24.0 Å². The van der Waals surface area contributed by atoms with Crippen LogP contribution in [0.3, 0.4) is 0 Å². The Morgan fingerprint density at radius 3 is 2.42 bits per heavy atom. The van der Waals surface area contributed by atoms with Crippen molar-refractivity contribution < 1.29 is 4.79 Å². The third-order valence-electron chi connectivity index (χ3n) is 4.54. The molecule has 0 N–H and O–H groups in total. The number of hydrogen-bond donors (Lipinski definition) is 0. The van der Waals surface area contributed by atoms with Crippen molar-refractivity contribution in [3.63, 3.8) is 0 Å². The van der Waals surface area contributed by atoms with Crippen LogP contribution >= 0.6 is 35.7 Å². The summed E-state index contributed by atoms with van der Waals surface area (Å²) in [7, 11) is 3.33. The number of anilines is 1. The van der Waals surface area contributed by atoms with Gasteiger partial charge in [0, 0.05) is 44.3 Å². The number of carbonyl (C=O) groups is 1. The lowest BCUT2D eigenvalue weighted by Gasteiger charge is -2.32. The van der Waals surface area contributed by atoms with Gasteiger partial charge in [0.25, 0.3) is 11.5 Å². The van der Waals surface area contributed by atoms with E-state index in [1.165, 1.54) is 21.2 Å². The van der Waals surface area contributed by atoms with Crippen LogP contribution in [0.5, 0.6) is 0 Å². The van der Waals surface area contributed by atoms with Crippen molar-refractivity contribution in [2.24, 2.45) is 7.05 Å². The number of aromatic nitrogens is 1. The Balaban J connectivity index is 2.24. The zero-order valence-corrected chi connectivity index (χ0v) is 17.2. The Kier molecular flexibility index (Phi) is 5.46. The number of thioether (sulfide) groups is 2. The SMILES string of the molecule is Cc1c(C=C2SC(=S)N(C)C2=O)c(N2CCSCC2)n(C)c(=O)c1C#N. The first-order chi connectivity index (χ1) is 12.4. The highest BCUT2D eigenvalue weighted by molar-refractivity contribution is 8.26. The van der Waals surface area contributed by atoms with Crippen LogP contribution in [0.4, 0.5) is 5.82 Å². The van der Waals surface area contributed by atoms with Crippen LogP contribution < -0.4 is 10.5 Å². The van der Waals surface area contributed by atoms with Crippen LogP contribution in [0.15, 0.2) is 9.70 Å². The van der Waals surface area contributed by atoms with E-state index < -0.39 is 0 Å². The van der Waals surface area contributed by atoms with Crippen molar-refractivity contribution in [1.29, 1.82) is 5.26 Å². The number of nitrogens with zero attached hydrogens (tertiary/aromatic N) is 4. The van der Waals surface area contributed by atoms with Gasteiger partial charge >= 0.3 is 0 Å². The zero-order chi connectivity index (χ0) is 19.0. The molecule has 3 rings (SSSR count). The maximum atomic E-state index is 12.6. The second kappa shape index (κ2) is 7.47. The predicted molar refractivity (Wildman–Crippen MR) is 112 cm³/mol. The Morgan fingerprint density at radius 1 is 1.23 bits per heavy atom. The maximum absolute atomic E-state index is 12.6. The summed E-state index contributed by atoms with van der Waals surface area (Å²) in [5.41, 5.74) is 1.15. The number of carbonyl (C=O) groups excluding carboxylic acids is 1. The van der Waals surface area contributed by atoms with Gasteiger partial charge in [-0.3, -0.25) is 19.1 Å². The number of hydrogen-bond acceptors (Lipinski definition) is 7. The van der Waals surface area contributed by atoms with Crippen molar-refractivity contribution in [3.05, 3.63) is 31.9 Å². The van der Waals surface area contributed by atoms with Crippen molar-refractivity contribution in [1.82, 2.24) is 9.47 Å². The van der Waals surface area contributed by atoms with E-state index in [9.17, 15) is 14.9 Å².